The zero-order valence-corrected chi connectivity index (χ0v) is 49.1. The predicted octanol–water partition coefficient (Wildman–Crippen LogP) is 18.2. The first kappa shape index (κ1) is 51.5. The fourth-order valence-electron chi connectivity index (χ4n) is 13.2. The lowest BCUT2D eigenvalue weighted by molar-refractivity contribution is 0.403. The molecule has 0 saturated heterocycles. The average molecular weight is 1030 g/mol. The Morgan fingerprint density at radius 1 is 0.500 bits per heavy atom. The Morgan fingerprint density at radius 3 is 1.64 bits per heavy atom. The first-order valence-corrected chi connectivity index (χ1v) is 28.4. The predicted molar refractivity (Wildman–Crippen MR) is 334 cm³/mol. The number of aromatic nitrogens is 1. The van der Waals surface area contributed by atoms with Crippen molar-refractivity contribution in [1.29, 1.82) is 0 Å². The minimum Gasteiger partial charge on any atom is -0.468 e. The van der Waals surface area contributed by atoms with Crippen molar-refractivity contribution in [3.63, 3.8) is 0 Å². The minimum absolute atomic E-state index is 0.00743. The molecule has 0 saturated carbocycles. The van der Waals surface area contributed by atoms with Crippen molar-refractivity contribution in [3.8, 4) is 11.1 Å². The SMILES string of the molecule is CC(C)(C)c1ccc(-c2cc(C(C)(C)C)ccc2N2c3ccc(C(C)(C)C)cc3B3c4oc5ccc(C(C)(C)C)cc5c4N(c4ccc5c(c4)C(C)(C)CC5(C)C)c4cc(N(c5ccccc5)c5ccccc5)nc2c43)cc1. The largest absolute Gasteiger partial charge is 0.468 e. The molecule has 2 aliphatic heterocycles. The fourth-order valence-corrected chi connectivity index (χ4v) is 13.2. The smallest absolute Gasteiger partial charge is 0.299 e. The van der Waals surface area contributed by atoms with Crippen LogP contribution in [0.2, 0.25) is 0 Å². The second kappa shape index (κ2) is 17.6. The second-order valence-electron chi connectivity index (χ2n) is 28.1. The molecule has 0 amide bonds. The van der Waals surface area contributed by atoms with E-state index in [4.69, 9.17) is 9.40 Å². The van der Waals surface area contributed by atoms with Crippen molar-refractivity contribution in [2.24, 2.45) is 0 Å². The van der Waals surface area contributed by atoms with Gasteiger partial charge in [0.25, 0.3) is 6.71 Å². The molecular weight excluding hydrogens is 948 g/mol. The summed E-state index contributed by atoms with van der Waals surface area (Å²) in [4.78, 5) is 13.5. The Labute approximate surface area is 465 Å². The summed E-state index contributed by atoms with van der Waals surface area (Å²) in [5.41, 5.74) is 21.6. The molecule has 0 unspecified atom stereocenters. The molecule has 1 aliphatic carbocycles. The third-order valence-electron chi connectivity index (χ3n) is 17.3. The number of nitrogens with zero attached hydrogens (tertiary/aromatic N) is 4. The Hall–Kier alpha value is -7.31. The molecule has 0 fully saturated rings. The first-order valence-electron chi connectivity index (χ1n) is 28.4. The summed E-state index contributed by atoms with van der Waals surface area (Å²) in [7, 11) is 0. The van der Waals surface area contributed by atoms with Gasteiger partial charge in [-0.1, -0.05) is 202 Å². The van der Waals surface area contributed by atoms with Crippen LogP contribution in [0.4, 0.5) is 51.4 Å². The van der Waals surface area contributed by atoms with Gasteiger partial charge in [-0.05, 0) is 150 Å². The zero-order chi connectivity index (χ0) is 55.2. The van der Waals surface area contributed by atoms with E-state index >= 15 is 0 Å². The zero-order valence-electron chi connectivity index (χ0n) is 49.1. The van der Waals surface area contributed by atoms with Crippen molar-refractivity contribution >= 4 is 85.7 Å². The highest BCUT2D eigenvalue weighted by molar-refractivity contribution is 6.99. The molecule has 2 aromatic heterocycles. The quantitative estimate of drug-likeness (QED) is 0.155. The highest BCUT2D eigenvalue weighted by atomic mass is 16.3. The number of anilines is 9. The van der Waals surface area contributed by atoms with E-state index in [0.717, 1.165) is 85.5 Å². The number of rotatable bonds is 6. The van der Waals surface area contributed by atoms with Gasteiger partial charge in [-0.2, -0.15) is 0 Å². The molecule has 0 radical (unpaired) electrons. The van der Waals surface area contributed by atoms with E-state index in [1.54, 1.807) is 0 Å². The van der Waals surface area contributed by atoms with Gasteiger partial charge in [0, 0.05) is 50.9 Å². The molecule has 0 N–H and O–H groups in total. The van der Waals surface area contributed by atoms with E-state index in [1.807, 2.05) is 0 Å². The van der Waals surface area contributed by atoms with Gasteiger partial charge in [-0.3, -0.25) is 9.80 Å². The molecule has 394 valence electrons. The average Bonchev–Trinajstić information content (AvgIpc) is 2.60. The van der Waals surface area contributed by atoms with Crippen LogP contribution in [0.15, 0.2) is 168 Å². The summed E-state index contributed by atoms with van der Waals surface area (Å²) < 4.78 is 7.55. The van der Waals surface area contributed by atoms with Crippen LogP contribution in [0.1, 0.15) is 151 Å². The van der Waals surface area contributed by atoms with Crippen LogP contribution in [0.25, 0.3) is 22.1 Å². The summed E-state index contributed by atoms with van der Waals surface area (Å²) in [5.74, 6) is 1.70. The number of para-hydroxylation sites is 2. The van der Waals surface area contributed by atoms with Crippen LogP contribution in [0.3, 0.4) is 0 Å². The van der Waals surface area contributed by atoms with E-state index in [-0.39, 0.29) is 39.2 Å². The van der Waals surface area contributed by atoms with Crippen LogP contribution < -0.4 is 31.3 Å². The maximum atomic E-state index is 7.55. The first-order chi connectivity index (χ1) is 36.7. The molecule has 0 spiro atoms. The topological polar surface area (TPSA) is 35.8 Å². The lowest BCUT2D eigenvalue weighted by Gasteiger charge is -2.43. The maximum absolute atomic E-state index is 7.55. The summed E-state index contributed by atoms with van der Waals surface area (Å²) in [6.07, 6.45) is 1.07. The highest BCUT2D eigenvalue weighted by Crippen LogP contribution is 2.54. The molecule has 78 heavy (non-hydrogen) atoms. The third kappa shape index (κ3) is 8.48. The Kier molecular flexibility index (Phi) is 11.6. The van der Waals surface area contributed by atoms with Gasteiger partial charge < -0.3 is 9.32 Å². The van der Waals surface area contributed by atoms with Gasteiger partial charge in [0.2, 0.25) is 0 Å². The molecule has 5 nitrogen and oxygen atoms in total. The number of furan rings is 1. The van der Waals surface area contributed by atoms with Gasteiger partial charge in [0.05, 0.1) is 17.0 Å². The monoisotopic (exact) mass is 1020 g/mol. The number of hydrogen-bond donors (Lipinski definition) is 0. The van der Waals surface area contributed by atoms with Crippen LogP contribution in [0, 0.1) is 0 Å². The van der Waals surface area contributed by atoms with Gasteiger partial charge in [-0.25, -0.2) is 4.98 Å². The molecule has 0 atom stereocenters. The van der Waals surface area contributed by atoms with E-state index in [2.05, 4.69) is 289 Å². The Morgan fingerprint density at radius 2 is 1.04 bits per heavy atom. The molecule has 9 aromatic rings. The molecule has 12 rings (SSSR count). The molecule has 4 heterocycles. The van der Waals surface area contributed by atoms with E-state index < -0.39 is 0 Å². The van der Waals surface area contributed by atoms with Gasteiger partial charge in [-0.15, -0.1) is 0 Å². The fraction of sp³-hybridized carbons (Fsp3) is 0.319. The van der Waals surface area contributed by atoms with Gasteiger partial charge in [0.1, 0.15) is 17.2 Å². The van der Waals surface area contributed by atoms with Crippen molar-refractivity contribution in [3.05, 3.63) is 197 Å². The number of benzene rings is 7. The van der Waals surface area contributed by atoms with E-state index in [0.29, 0.717) is 0 Å². The van der Waals surface area contributed by atoms with Gasteiger partial charge >= 0.3 is 0 Å². The number of pyridine rings is 1. The number of hydrogen-bond acceptors (Lipinski definition) is 5. The summed E-state index contributed by atoms with van der Waals surface area (Å²) in [6, 6.07) is 61.8. The molecule has 0 bridgehead atoms. The summed E-state index contributed by atoms with van der Waals surface area (Å²) >= 11 is 0. The molecule has 6 heteroatoms. The highest BCUT2D eigenvalue weighted by Gasteiger charge is 2.50. The van der Waals surface area contributed by atoms with Crippen LogP contribution in [0.5, 0.6) is 0 Å². The van der Waals surface area contributed by atoms with Crippen molar-refractivity contribution in [1.82, 2.24) is 4.98 Å². The molecule has 7 aromatic carbocycles. The summed E-state index contributed by atoms with van der Waals surface area (Å²) in [5, 5.41) is 1.11. The Bertz CT molecular complexity index is 3780. The lowest BCUT2D eigenvalue weighted by Crippen LogP contribution is -2.61. The Balaban J connectivity index is 1.26. The molecular formula is C72H77BN4O. The van der Waals surface area contributed by atoms with Crippen LogP contribution in [-0.4, -0.2) is 11.7 Å². The van der Waals surface area contributed by atoms with Crippen molar-refractivity contribution < 1.29 is 4.42 Å². The van der Waals surface area contributed by atoms with Crippen LogP contribution >= 0.6 is 0 Å². The third-order valence-corrected chi connectivity index (χ3v) is 17.3. The minimum atomic E-state index is -0.295. The van der Waals surface area contributed by atoms with Crippen molar-refractivity contribution in [2.75, 3.05) is 14.7 Å². The summed E-state index contributed by atoms with van der Waals surface area (Å²) in [6.45, 7) is 37.1. The van der Waals surface area contributed by atoms with E-state index in [1.165, 1.54) is 44.4 Å². The van der Waals surface area contributed by atoms with Crippen molar-refractivity contribution in [2.45, 2.75) is 150 Å². The van der Waals surface area contributed by atoms with Crippen LogP contribution in [-0.2, 0) is 32.5 Å². The number of fused-ring (bicyclic) bond motifs is 7. The van der Waals surface area contributed by atoms with E-state index in [9.17, 15) is 0 Å². The molecule has 3 aliphatic rings. The normalized spacial score (nSPS) is 15.5. The van der Waals surface area contributed by atoms with Gasteiger partial charge in [0.15, 0.2) is 0 Å². The maximum Gasteiger partial charge on any atom is 0.299 e. The lowest BCUT2D eigenvalue weighted by atomic mass is 9.35. The standard InChI is InChI=1S/C72H77BN4O/c1-67(2,3)46-29-27-45(28-30-46)53-39-47(68(4,5)6)31-36-58(53)77-59-37-32-49(70(10,11)12)41-57(59)73-63-60(43-62(74-66(63)77)75(50-23-19-17-20-24-50)51-25-21-18-22-26-51)76(52-34-35-55-56(42-52)72(15,16)44-71(55,13)14)64-54-40-48(69(7,8)9)33-38-61(54)78-65(64)73/h17-43H,44H2,1-16H3. The second-order valence-corrected chi connectivity index (χ2v) is 28.1.